The van der Waals surface area contributed by atoms with Crippen molar-refractivity contribution in [3.63, 3.8) is 0 Å². The van der Waals surface area contributed by atoms with Gasteiger partial charge in [-0.05, 0) is 128 Å². The van der Waals surface area contributed by atoms with Gasteiger partial charge in [0.05, 0.1) is 19.8 Å². The first-order valence-corrected chi connectivity index (χ1v) is 30.6. The molecule has 11 nitrogen and oxygen atoms in total. The normalized spacial score (nSPS) is 14.3. The molecule has 430 valence electrons. The van der Waals surface area contributed by atoms with Crippen molar-refractivity contribution in [3.8, 4) is 0 Å². The van der Waals surface area contributed by atoms with E-state index in [4.69, 9.17) is 23.3 Å². The van der Waals surface area contributed by atoms with E-state index >= 15 is 0 Å². The fourth-order valence-corrected chi connectivity index (χ4v) is 8.02. The molecule has 0 aliphatic heterocycles. The highest BCUT2D eigenvalue weighted by Crippen LogP contribution is 2.43. The van der Waals surface area contributed by atoms with Gasteiger partial charge in [0.1, 0.15) is 12.7 Å². The van der Waals surface area contributed by atoms with Crippen LogP contribution in [0.25, 0.3) is 0 Å². The Balaban J connectivity index is 4.82. The first-order chi connectivity index (χ1) is 37.2. The molecule has 2 N–H and O–H groups in total. The van der Waals surface area contributed by atoms with E-state index in [2.05, 4.69) is 154 Å². The van der Waals surface area contributed by atoms with E-state index in [1.54, 1.807) is 0 Å². The van der Waals surface area contributed by atoms with Gasteiger partial charge >= 0.3 is 25.7 Å². The third-order valence-corrected chi connectivity index (χ3v) is 12.5. The first-order valence-electron chi connectivity index (χ1n) is 29.1. The van der Waals surface area contributed by atoms with Crippen LogP contribution in [0, 0.1) is 0 Å². The van der Waals surface area contributed by atoms with Crippen LogP contribution < -0.4 is 0 Å². The lowest BCUT2D eigenvalue weighted by Gasteiger charge is -2.21. The molecule has 0 aromatic rings. The summed E-state index contributed by atoms with van der Waals surface area (Å²) in [5.41, 5.74) is 0. The second-order valence-corrected chi connectivity index (χ2v) is 20.1. The summed E-state index contributed by atoms with van der Waals surface area (Å²) in [6.07, 6.45) is 71.2. The van der Waals surface area contributed by atoms with Crippen LogP contribution in [0.1, 0.15) is 213 Å². The summed E-state index contributed by atoms with van der Waals surface area (Å²) in [6, 6.07) is 0. The zero-order valence-corrected chi connectivity index (χ0v) is 48.3. The minimum Gasteiger partial charge on any atom is -0.462 e. The van der Waals surface area contributed by atoms with Gasteiger partial charge < -0.3 is 24.2 Å². The lowest BCUT2D eigenvalue weighted by Crippen LogP contribution is -2.30. The number of rotatable bonds is 52. The van der Waals surface area contributed by atoms with Crippen LogP contribution in [0.2, 0.25) is 0 Å². The molecule has 0 amide bonds. The van der Waals surface area contributed by atoms with Gasteiger partial charge in [0.2, 0.25) is 0 Å². The van der Waals surface area contributed by atoms with Crippen molar-refractivity contribution >= 4 is 25.7 Å². The van der Waals surface area contributed by atoms with Crippen molar-refractivity contribution in [2.24, 2.45) is 0 Å². The number of unbranched alkanes of at least 4 members (excludes halogenated alkanes) is 13. The molecule has 0 aliphatic rings. The maximum absolute atomic E-state index is 12.9. The highest BCUT2D eigenvalue weighted by molar-refractivity contribution is 7.47. The number of phosphoric ester groups is 1. The summed E-state index contributed by atoms with van der Waals surface area (Å²) in [5.74, 6) is -1.55. The molecule has 0 fully saturated rings. The third kappa shape index (κ3) is 54.4. The van der Waals surface area contributed by atoms with Crippen LogP contribution in [0.3, 0.4) is 0 Å². The molecular formula is C64H103O11P. The van der Waals surface area contributed by atoms with Crippen LogP contribution >= 0.6 is 7.82 Å². The number of carbonyl (C=O) groups excluding carboxylic acids is 3. The number of phosphoric acid groups is 1. The molecule has 0 saturated carbocycles. The maximum Gasteiger partial charge on any atom is 0.472 e. The lowest BCUT2D eigenvalue weighted by molar-refractivity contribution is -0.161. The standard InChI is InChI=1S/C64H103O11P/c1-4-7-10-13-16-19-22-25-28-30-33-36-39-42-45-48-51-54-63(67)74-60(56-65)58-72-76(69,70)73-59-61(57-71-62(66)53-50-47-44-41-38-35-32-27-24-21-18-15-12-9-6-3)75-64(68)55-52-49-46-43-40-37-34-31-29-26-23-20-17-14-11-8-5-2/h7-12,16-21,25-29,32-34,36-37,60-61,65H,4-6,13-15,22-24,30-31,35,38-59H2,1-3H3,(H,69,70)/b10-7-,11-8-,12-9-,19-16-,20-17-,21-18-,28-25-,29-26-,32-27-,36-33-,37-34-. The van der Waals surface area contributed by atoms with Crippen LogP contribution in [0.5, 0.6) is 0 Å². The molecule has 0 aliphatic carbocycles. The van der Waals surface area contributed by atoms with Gasteiger partial charge in [-0.1, -0.05) is 199 Å². The van der Waals surface area contributed by atoms with Crippen molar-refractivity contribution < 1.29 is 52.2 Å². The summed E-state index contributed by atoms with van der Waals surface area (Å²) in [4.78, 5) is 48.6. The minimum atomic E-state index is -4.78. The number of allylic oxidation sites excluding steroid dienone is 22. The summed E-state index contributed by atoms with van der Waals surface area (Å²) >= 11 is 0. The molecule has 0 bridgehead atoms. The Morgan fingerprint density at radius 1 is 0.368 bits per heavy atom. The van der Waals surface area contributed by atoms with E-state index in [1.165, 1.54) is 0 Å². The Kier molecular flexibility index (Phi) is 53.5. The molecule has 0 rings (SSSR count). The zero-order chi connectivity index (χ0) is 55.5. The highest BCUT2D eigenvalue weighted by atomic mass is 31.2. The topological polar surface area (TPSA) is 155 Å². The van der Waals surface area contributed by atoms with Gasteiger partial charge in [0.15, 0.2) is 6.10 Å². The second kappa shape index (κ2) is 56.8. The first kappa shape index (κ1) is 71.6. The van der Waals surface area contributed by atoms with Crippen molar-refractivity contribution in [3.05, 3.63) is 134 Å². The quantitative estimate of drug-likeness (QED) is 0.0197. The average molecular weight is 1080 g/mol. The molecule has 3 atom stereocenters. The number of esters is 3. The molecular weight excluding hydrogens is 976 g/mol. The maximum atomic E-state index is 12.9. The molecule has 0 saturated heterocycles. The Morgan fingerprint density at radius 2 is 0.645 bits per heavy atom. The largest absolute Gasteiger partial charge is 0.472 e. The summed E-state index contributed by atoms with van der Waals surface area (Å²) in [6.45, 7) is 4.21. The Hall–Kier alpha value is -4.38. The fraction of sp³-hybridized carbons (Fsp3) is 0.609. The molecule has 0 heterocycles. The van der Waals surface area contributed by atoms with Crippen molar-refractivity contribution in [2.75, 3.05) is 26.4 Å². The van der Waals surface area contributed by atoms with Gasteiger partial charge in [-0.2, -0.15) is 0 Å². The predicted octanol–water partition coefficient (Wildman–Crippen LogP) is 17.4. The smallest absolute Gasteiger partial charge is 0.462 e. The van der Waals surface area contributed by atoms with Gasteiger partial charge in [-0.15, -0.1) is 0 Å². The molecule has 0 aromatic heterocycles. The number of hydrogen-bond acceptors (Lipinski definition) is 10. The van der Waals surface area contributed by atoms with Crippen molar-refractivity contribution in [1.29, 1.82) is 0 Å². The monoisotopic (exact) mass is 1080 g/mol. The highest BCUT2D eigenvalue weighted by Gasteiger charge is 2.28. The zero-order valence-electron chi connectivity index (χ0n) is 47.4. The van der Waals surface area contributed by atoms with Crippen molar-refractivity contribution in [1.82, 2.24) is 0 Å². The van der Waals surface area contributed by atoms with E-state index in [9.17, 15) is 28.9 Å². The SMILES string of the molecule is CC/C=C\C/C=C\C/C=C\C/C=C\CCCCCCC(=O)OC(CO)COP(=O)(O)OCC(COC(=O)CCCCCCC/C=C\C/C=C\C/C=C\CC)OC(=O)CCCCCC/C=C\C/C=C\C/C=C\C/C=C\CC. The molecule has 12 heteroatoms. The van der Waals surface area contributed by atoms with E-state index in [-0.39, 0.29) is 25.9 Å². The van der Waals surface area contributed by atoms with Crippen LogP contribution in [0.4, 0.5) is 0 Å². The van der Waals surface area contributed by atoms with Gasteiger partial charge in [-0.3, -0.25) is 23.4 Å². The van der Waals surface area contributed by atoms with Gasteiger partial charge in [0, 0.05) is 19.3 Å². The average Bonchev–Trinajstić information content (AvgIpc) is 3.41. The third-order valence-electron chi connectivity index (χ3n) is 11.6. The number of aliphatic hydroxyl groups is 1. The summed E-state index contributed by atoms with van der Waals surface area (Å²) in [5, 5.41) is 9.82. The summed E-state index contributed by atoms with van der Waals surface area (Å²) < 4.78 is 39.5. The Bertz CT molecular complexity index is 1780. The molecule has 0 radical (unpaired) electrons. The predicted molar refractivity (Wildman–Crippen MR) is 316 cm³/mol. The number of ether oxygens (including phenoxy) is 3. The molecule has 0 aromatic carbocycles. The number of hydrogen-bond donors (Lipinski definition) is 2. The molecule has 0 spiro atoms. The van der Waals surface area contributed by atoms with Crippen molar-refractivity contribution in [2.45, 2.75) is 226 Å². The minimum absolute atomic E-state index is 0.126. The van der Waals surface area contributed by atoms with E-state index in [0.29, 0.717) is 19.3 Å². The molecule has 76 heavy (non-hydrogen) atoms. The Labute approximate surface area is 461 Å². The molecule has 3 unspecified atom stereocenters. The lowest BCUT2D eigenvalue weighted by atomic mass is 10.1. The van der Waals surface area contributed by atoms with Crippen LogP contribution in [0.15, 0.2) is 134 Å². The second-order valence-electron chi connectivity index (χ2n) is 18.7. The van der Waals surface area contributed by atoms with E-state index < -0.39 is 57.8 Å². The number of aliphatic hydroxyl groups excluding tert-OH is 1. The van der Waals surface area contributed by atoms with Crippen LogP contribution in [-0.2, 0) is 42.2 Å². The van der Waals surface area contributed by atoms with E-state index in [1.807, 2.05) is 0 Å². The van der Waals surface area contributed by atoms with Gasteiger partial charge in [-0.25, -0.2) is 4.57 Å². The van der Waals surface area contributed by atoms with E-state index in [0.717, 1.165) is 154 Å². The summed E-state index contributed by atoms with van der Waals surface area (Å²) in [7, 11) is -4.78. The fourth-order valence-electron chi connectivity index (χ4n) is 7.23. The van der Waals surface area contributed by atoms with Gasteiger partial charge in [0.25, 0.3) is 0 Å². The number of carbonyl (C=O) groups is 3. The van der Waals surface area contributed by atoms with Crippen LogP contribution in [-0.4, -0.2) is 66.5 Å². The Morgan fingerprint density at radius 3 is 0.987 bits per heavy atom.